The first-order valence-corrected chi connectivity index (χ1v) is 6.94. The Balaban J connectivity index is 0.00000144. The van der Waals surface area contributed by atoms with Gasteiger partial charge in [0.1, 0.15) is 5.01 Å². The van der Waals surface area contributed by atoms with Gasteiger partial charge in [0.25, 0.3) is 0 Å². The van der Waals surface area contributed by atoms with Crippen molar-refractivity contribution in [1.82, 2.24) is 15.2 Å². The monoisotopic (exact) mass is 275 g/mol. The van der Waals surface area contributed by atoms with E-state index in [-0.39, 0.29) is 12.4 Å². The van der Waals surface area contributed by atoms with Crippen molar-refractivity contribution in [3.8, 4) is 0 Å². The number of nitrogens with one attached hydrogen (secondary N) is 1. The van der Waals surface area contributed by atoms with Crippen molar-refractivity contribution in [2.45, 2.75) is 26.3 Å². The summed E-state index contributed by atoms with van der Waals surface area (Å²) in [7, 11) is 2.04. The molecule has 2 heterocycles. The van der Waals surface area contributed by atoms with E-state index in [0.29, 0.717) is 0 Å². The van der Waals surface area contributed by atoms with E-state index in [4.69, 9.17) is 0 Å². The molecule has 0 aromatic carbocycles. The summed E-state index contributed by atoms with van der Waals surface area (Å²) in [4.78, 5) is 8.41. The highest BCUT2D eigenvalue weighted by molar-refractivity contribution is 7.11. The van der Waals surface area contributed by atoms with Crippen molar-refractivity contribution >= 4 is 23.7 Å². The van der Waals surface area contributed by atoms with Gasteiger partial charge < -0.3 is 5.32 Å². The minimum Gasteiger partial charge on any atom is -0.319 e. The zero-order valence-corrected chi connectivity index (χ0v) is 12.2. The molecule has 2 rings (SSSR count). The Hall–Kier alpha value is -0.160. The largest absolute Gasteiger partial charge is 0.319 e. The molecule has 1 unspecified atom stereocenters. The average Bonchev–Trinajstić information content (AvgIpc) is 2.89. The second-order valence-corrected chi connectivity index (χ2v) is 5.72. The summed E-state index contributed by atoms with van der Waals surface area (Å²) in [5.74, 6) is 0.829. The summed E-state index contributed by atoms with van der Waals surface area (Å²) >= 11 is 1.87. The van der Waals surface area contributed by atoms with Crippen LogP contribution in [0, 0.1) is 5.92 Å². The van der Waals surface area contributed by atoms with Gasteiger partial charge in [-0.25, -0.2) is 4.98 Å². The zero-order chi connectivity index (χ0) is 11.4. The highest BCUT2D eigenvalue weighted by Crippen LogP contribution is 2.20. The van der Waals surface area contributed by atoms with E-state index in [1.807, 2.05) is 24.6 Å². The van der Waals surface area contributed by atoms with Crippen LogP contribution in [0.15, 0.2) is 6.20 Å². The van der Waals surface area contributed by atoms with E-state index in [9.17, 15) is 0 Å². The Morgan fingerprint density at radius 3 is 3.06 bits per heavy atom. The molecule has 1 aliphatic rings. The molecule has 1 aromatic heterocycles. The fourth-order valence-corrected chi connectivity index (χ4v) is 3.19. The molecule has 5 heteroatoms. The lowest BCUT2D eigenvalue weighted by atomic mass is 10.1. The summed E-state index contributed by atoms with van der Waals surface area (Å²) in [6, 6.07) is 0. The Morgan fingerprint density at radius 1 is 1.59 bits per heavy atom. The van der Waals surface area contributed by atoms with Gasteiger partial charge in [-0.1, -0.05) is 6.92 Å². The fourth-order valence-electron chi connectivity index (χ4n) is 2.29. The van der Waals surface area contributed by atoms with E-state index >= 15 is 0 Å². The molecule has 1 atom stereocenters. The van der Waals surface area contributed by atoms with Crippen molar-refractivity contribution in [3.05, 3.63) is 16.1 Å². The number of halogens is 1. The minimum atomic E-state index is 0. The van der Waals surface area contributed by atoms with Crippen molar-refractivity contribution < 1.29 is 0 Å². The fraction of sp³-hybridized carbons (Fsp3) is 0.750. The van der Waals surface area contributed by atoms with Crippen LogP contribution in [0.25, 0.3) is 0 Å². The molecular weight excluding hydrogens is 254 g/mol. The van der Waals surface area contributed by atoms with E-state index in [1.54, 1.807) is 0 Å². The van der Waals surface area contributed by atoms with Crippen LogP contribution in [0.2, 0.25) is 0 Å². The molecule has 0 spiro atoms. The maximum atomic E-state index is 4.48. The van der Waals surface area contributed by atoms with Crippen LogP contribution in [0.5, 0.6) is 0 Å². The van der Waals surface area contributed by atoms with Gasteiger partial charge in [0, 0.05) is 17.6 Å². The molecule has 1 aromatic rings. The topological polar surface area (TPSA) is 28.2 Å². The van der Waals surface area contributed by atoms with Crippen molar-refractivity contribution in [2.24, 2.45) is 5.92 Å². The minimum absolute atomic E-state index is 0. The molecule has 0 bridgehead atoms. The first kappa shape index (κ1) is 14.9. The SMILES string of the molecule is CCc1cnc(CN2CCC(CNC)C2)s1.Cl. The number of rotatable bonds is 5. The van der Waals surface area contributed by atoms with Gasteiger partial charge in [-0.05, 0) is 38.9 Å². The number of aromatic nitrogens is 1. The molecule has 1 fully saturated rings. The molecule has 0 aliphatic carbocycles. The lowest BCUT2D eigenvalue weighted by molar-refractivity contribution is 0.315. The second-order valence-electron chi connectivity index (χ2n) is 4.52. The molecule has 17 heavy (non-hydrogen) atoms. The van der Waals surface area contributed by atoms with Crippen LogP contribution in [-0.2, 0) is 13.0 Å². The number of likely N-dealkylation sites (tertiary alicyclic amines) is 1. The van der Waals surface area contributed by atoms with Crippen molar-refractivity contribution in [3.63, 3.8) is 0 Å². The van der Waals surface area contributed by atoms with E-state index in [2.05, 4.69) is 22.1 Å². The Morgan fingerprint density at radius 2 is 2.41 bits per heavy atom. The lowest BCUT2D eigenvalue weighted by Gasteiger charge is -2.13. The molecule has 3 nitrogen and oxygen atoms in total. The van der Waals surface area contributed by atoms with Crippen LogP contribution < -0.4 is 5.32 Å². The van der Waals surface area contributed by atoms with Crippen LogP contribution in [-0.4, -0.2) is 36.6 Å². The predicted octanol–water partition coefficient (Wildman–Crippen LogP) is 2.17. The number of aryl methyl sites for hydroxylation is 1. The smallest absolute Gasteiger partial charge is 0.107 e. The molecule has 1 N–H and O–H groups in total. The third-order valence-corrected chi connectivity index (χ3v) is 4.30. The molecule has 98 valence electrons. The zero-order valence-electron chi connectivity index (χ0n) is 10.6. The number of hydrogen-bond donors (Lipinski definition) is 1. The number of nitrogens with zero attached hydrogens (tertiary/aromatic N) is 2. The molecule has 1 saturated heterocycles. The average molecular weight is 276 g/mol. The maximum absolute atomic E-state index is 4.48. The summed E-state index contributed by atoms with van der Waals surface area (Å²) < 4.78 is 0. The summed E-state index contributed by atoms with van der Waals surface area (Å²) in [6.07, 6.45) is 4.47. The predicted molar refractivity (Wildman–Crippen MR) is 76.1 cm³/mol. The third kappa shape index (κ3) is 4.21. The standard InChI is InChI=1S/C12H21N3S.ClH/c1-3-11-7-14-12(16-11)9-15-5-4-10(8-15)6-13-2;/h7,10,13H,3-6,8-9H2,1-2H3;1H. The van der Waals surface area contributed by atoms with Gasteiger partial charge in [0.15, 0.2) is 0 Å². The van der Waals surface area contributed by atoms with E-state index in [1.165, 1.54) is 29.4 Å². The maximum Gasteiger partial charge on any atom is 0.107 e. The van der Waals surface area contributed by atoms with E-state index in [0.717, 1.165) is 25.4 Å². The first-order valence-electron chi connectivity index (χ1n) is 6.12. The van der Waals surface area contributed by atoms with Crippen molar-refractivity contribution in [2.75, 3.05) is 26.7 Å². The van der Waals surface area contributed by atoms with Gasteiger partial charge >= 0.3 is 0 Å². The molecule has 0 saturated carbocycles. The highest BCUT2D eigenvalue weighted by atomic mass is 35.5. The summed E-state index contributed by atoms with van der Waals surface area (Å²) in [6.45, 7) is 6.84. The van der Waals surface area contributed by atoms with Crippen molar-refractivity contribution in [1.29, 1.82) is 0 Å². The number of hydrogen-bond acceptors (Lipinski definition) is 4. The van der Waals surface area contributed by atoms with Gasteiger partial charge in [0.05, 0.1) is 6.54 Å². The number of thiazole rings is 1. The van der Waals surface area contributed by atoms with Gasteiger partial charge in [-0.15, -0.1) is 23.7 Å². The third-order valence-electron chi connectivity index (χ3n) is 3.17. The van der Waals surface area contributed by atoms with Crippen LogP contribution in [0.4, 0.5) is 0 Å². The first-order chi connectivity index (χ1) is 7.81. The summed E-state index contributed by atoms with van der Waals surface area (Å²) in [5, 5.41) is 4.55. The summed E-state index contributed by atoms with van der Waals surface area (Å²) in [5.41, 5.74) is 0. The molecule has 0 radical (unpaired) electrons. The quantitative estimate of drug-likeness (QED) is 0.893. The van der Waals surface area contributed by atoms with Crippen LogP contribution in [0.3, 0.4) is 0 Å². The molecular formula is C12H22ClN3S. The lowest BCUT2D eigenvalue weighted by Crippen LogP contribution is -2.24. The normalized spacial score (nSPS) is 20.5. The Labute approximate surface area is 114 Å². The van der Waals surface area contributed by atoms with Gasteiger partial charge in [-0.3, -0.25) is 4.90 Å². The van der Waals surface area contributed by atoms with E-state index < -0.39 is 0 Å². The molecule has 1 aliphatic heterocycles. The van der Waals surface area contributed by atoms with Crippen LogP contribution >= 0.6 is 23.7 Å². The Kier molecular flexibility index (Phi) is 6.41. The molecule has 0 amide bonds. The second kappa shape index (κ2) is 7.31. The van der Waals surface area contributed by atoms with Gasteiger partial charge in [-0.2, -0.15) is 0 Å². The van der Waals surface area contributed by atoms with Crippen LogP contribution in [0.1, 0.15) is 23.2 Å². The van der Waals surface area contributed by atoms with Gasteiger partial charge in [0.2, 0.25) is 0 Å². The Bertz CT molecular complexity index is 329. The highest BCUT2D eigenvalue weighted by Gasteiger charge is 2.22.